The Bertz CT molecular complexity index is 573. The topological polar surface area (TPSA) is 49.8 Å². The molecule has 1 spiro atoms. The van der Waals surface area contributed by atoms with Crippen LogP contribution in [0.3, 0.4) is 0 Å². The molecule has 0 radical (unpaired) electrons. The predicted molar refractivity (Wildman–Crippen MR) is 85.4 cm³/mol. The first-order valence-electron chi connectivity index (χ1n) is 7.47. The largest absolute Gasteiger partial charge is 0.481 e. The van der Waals surface area contributed by atoms with Crippen molar-refractivity contribution >= 4 is 29.2 Å². The predicted octanol–water partition coefficient (Wildman–Crippen LogP) is 3.31. The Balaban J connectivity index is 1.75. The summed E-state index contributed by atoms with van der Waals surface area (Å²) in [6.07, 6.45) is 1.64. The molecule has 0 amide bonds. The maximum absolute atomic E-state index is 11.7. The number of ether oxygens (including phenoxy) is 1. The summed E-state index contributed by atoms with van der Waals surface area (Å²) in [5.41, 5.74) is 0.906. The van der Waals surface area contributed by atoms with Gasteiger partial charge in [0.15, 0.2) is 0 Å². The lowest BCUT2D eigenvalue weighted by molar-refractivity contribution is -0.146. The molecule has 2 aliphatic heterocycles. The first kappa shape index (κ1) is 16.1. The third kappa shape index (κ3) is 3.11. The quantitative estimate of drug-likeness (QED) is 0.914. The molecule has 0 bridgehead atoms. The maximum atomic E-state index is 11.7. The van der Waals surface area contributed by atoms with Crippen LogP contribution < -0.4 is 0 Å². The van der Waals surface area contributed by atoms with Crippen molar-refractivity contribution in [1.82, 2.24) is 4.90 Å². The second-order valence-corrected chi connectivity index (χ2v) is 7.10. The fraction of sp³-hybridized carbons (Fsp3) is 0.562. The van der Waals surface area contributed by atoms with E-state index in [9.17, 15) is 9.90 Å². The zero-order chi connectivity index (χ0) is 15.7. The lowest BCUT2D eigenvalue weighted by atomic mass is 9.72. The van der Waals surface area contributed by atoms with Crippen molar-refractivity contribution in [2.24, 2.45) is 11.3 Å². The second-order valence-electron chi connectivity index (χ2n) is 6.28. The molecule has 1 aromatic carbocycles. The van der Waals surface area contributed by atoms with Gasteiger partial charge < -0.3 is 9.84 Å². The van der Waals surface area contributed by atoms with Gasteiger partial charge >= 0.3 is 5.97 Å². The van der Waals surface area contributed by atoms with Gasteiger partial charge in [-0.05, 0) is 30.5 Å². The summed E-state index contributed by atoms with van der Waals surface area (Å²) in [4.78, 5) is 13.9. The number of halogens is 2. The van der Waals surface area contributed by atoms with E-state index < -0.39 is 5.97 Å². The van der Waals surface area contributed by atoms with Gasteiger partial charge in [0.1, 0.15) is 0 Å². The summed E-state index contributed by atoms with van der Waals surface area (Å²) >= 11 is 12.0. The zero-order valence-electron chi connectivity index (χ0n) is 12.2. The highest BCUT2D eigenvalue weighted by atomic mass is 35.5. The lowest BCUT2D eigenvalue weighted by Gasteiger charge is -2.36. The van der Waals surface area contributed by atoms with Crippen LogP contribution in [0.5, 0.6) is 0 Å². The molecule has 22 heavy (non-hydrogen) atoms. The average Bonchev–Trinajstić information content (AvgIpc) is 2.82. The van der Waals surface area contributed by atoms with Crippen molar-refractivity contribution in [1.29, 1.82) is 0 Å². The van der Waals surface area contributed by atoms with Crippen LogP contribution in [0, 0.1) is 11.3 Å². The third-order valence-electron chi connectivity index (χ3n) is 4.90. The van der Waals surface area contributed by atoms with Crippen LogP contribution in [0.15, 0.2) is 18.2 Å². The fourth-order valence-corrected chi connectivity index (χ4v) is 4.03. The summed E-state index contributed by atoms with van der Waals surface area (Å²) in [6, 6.07) is 5.59. The number of hydrogen-bond donors (Lipinski definition) is 1. The van der Waals surface area contributed by atoms with E-state index in [1.54, 1.807) is 6.07 Å². The number of benzene rings is 1. The molecule has 0 aromatic heterocycles. The van der Waals surface area contributed by atoms with Crippen LogP contribution in [0.25, 0.3) is 0 Å². The molecule has 0 saturated carbocycles. The van der Waals surface area contributed by atoms with E-state index in [1.165, 1.54) is 0 Å². The van der Waals surface area contributed by atoms with E-state index in [1.807, 2.05) is 12.1 Å². The normalized spacial score (nSPS) is 24.7. The smallest absolute Gasteiger partial charge is 0.308 e. The van der Waals surface area contributed by atoms with Gasteiger partial charge in [-0.25, -0.2) is 0 Å². The number of aliphatic carboxylic acids is 1. The van der Waals surface area contributed by atoms with Gasteiger partial charge in [-0.2, -0.15) is 0 Å². The first-order chi connectivity index (χ1) is 10.5. The van der Waals surface area contributed by atoms with Gasteiger partial charge in [-0.1, -0.05) is 29.3 Å². The number of hydrogen-bond acceptors (Lipinski definition) is 3. The SMILES string of the molecule is O=C(O)C1CN(Cc2ccc(Cl)c(Cl)c2)CC12CCOCC2. The summed E-state index contributed by atoms with van der Waals surface area (Å²) in [5, 5.41) is 10.7. The Hall–Kier alpha value is -0.810. The molecule has 1 aromatic rings. The molecule has 2 saturated heterocycles. The molecule has 2 heterocycles. The first-order valence-corrected chi connectivity index (χ1v) is 8.23. The van der Waals surface area contributed by atoms with Crippen molar-refractivity contribution in [3.63, 3.8) is 0 Å². The van der Waals surface area contributed by atoms with Gasteiger partial charge in [0.05, 0.1) is 16.0 Å². The number of rotatable bonds is 3. The molecule has 6 heteroatoms. The van der Waals surface area contributed by atoms with Gasteiger partial charge in [0.25, 0.3) is 0 Å². The van der Waals surface area contributed by atoms with Gasteiger partial charge in [-0.15, -0.1) is 0 Å². The van der Waals surface area contributed by atoms with E-state index in [4.69, 9.17) is 27.9 Å². The molecule has 0 aliphatic carbocycles. The van der Waals surface area contributed by atoms with Crippen molar-refractivity contribution in [2.45, 2.75) is 19.4 Å². The van der Waals surface area contributed by atoms with E-state index in [-0.39, 0.29) is 11.3 Å². The van der Waals surface area contributed by atoms with Crippen LogP contribution in [-0.2, 0) is 16.1 Å². The van der Waals surface area contributed by atoms with Crippen LogP contribution in [0.4, 0.5) is 0 Å². The Morgan fingerprint density at radius 2 is 2.05 bits per heavy atom. The van der Waals surface area contributed by atoms with Gasteiger partial charge in [0, 0.05) is 38.3 Å². The standard InChI is InChI=1S/C16H19Cl2NO3/c17-13-2-1-11(7-14(13)18)8-19-9-12(15(20)21)16(10-19)3-5-22-6-4-16/h1-2,7,12H,3-6,8-10H2,(H,20,21). The number of carbonyl (C=O) groups is 1. The Morgan fingerprint density at radius 3 is 2.68 bits per heavy atom. The molecular formula is C16H19Cl2NO3. The molecule has 120 valence electrons. The molecular weight excluding hydrogens is 325 g/mol. The molecule has 2 fully saturated rings. The third-order valence-corrected chi connectivity index (χ3v) is 5.63. The Kier molecular flexibility index (Phi) is 4.64. The van der Waals surface area contributed by atoms with Crippen LogP contribution in [0.2, 0.25) is 10.0 Å². The van der Waals surface area contributed by atoms with E-state index in [0.717, 1.165) is 24.9 Å². The number of carboxylic acid groups (broad SMARTS) is 1. The van der Waals surface area contributed by atoms with Crippen molar-refractivity contribution < 1.29 is 14.6 Å². The van der Waals surface area contributed by atoms with E-state index >= 15 is 0 Å². The minimum atomic E-state index is -0.696. The summed E-state index contributed by atoms with van der Waals surface area (Å²) in [5.74, 6) is -1.02. The van der Waals surface area contributed by atoms with E-state index in [0.29, 0.717) is 36.3 Å². The minimum absolute atomic E-state index is 0.152. The minimum Gasteiger partial charge on any atom is -0.481 e. The molecule has 1 atom stereocenters. The summed E-state index contributed by atoms with van der Waals surface area (Å²) < 4.78 is 5.42. The highest BCUT2D eigenvalue weighted by Gasteiger charge is 2.50. The monoisotopic (exact) mass is 343 g/mol. The summed E-state index contributed by atoms with van der Waals surface area (Å²) in [7, 11) is 0. The Labute approximate surface area is 140 Å². The Morgan fingerprint density at radius 1 is 1.32 bits per heavy atom. The average molecular weight is 344 g/mol. The fourth-order valence-electron chi connectivity index (χ4n) is 3.71. The second kappa shape index (κ2) is 6.36. The molecule has 1 unspecified atom stereocenters. The van der Waals surface area contributed by atoms with Crippen molar-refractivity contribution in [3.8, 4) is 0 Å². The highest BCUT2D eigenvalue weighted by Crippen LogP contribution is 2.44. The van der Waals surface area contributed by atoms with Crippen molar-refractivity contribution in [3.05, 3.63) is 33.8 Å². The van der Waals surface area contributed by atoms with Gasteiger partial charge in [-0.3, -0.25) is 9.69 Å². The number of likely N-dealkylation sites (tertiary alicyclic amines) is 1. The van der Waals surface area contributed by atoms with E-state index in [2.05, 4.69) is 4.90 Å². The van der Waals surface area contributed by atoms with Crippen molar-refractivity contribution in [2.75, 3.05) is 26.3 Å². The lowest BCUT2D eigenvalue weighted by Crippen LogP contribution is -2.40. The highest BCUT2D eigenvalue weighted by molar-refractivity contribution is 6.42. The van der Waals surface area contributed by atoms with Crippen LogP contribution in [-0.4, -0.2) is 42.3 Å². The number of nitrogens with zero attached hydrogens (tertiary/aromatic N) is 1. The molecule has 2 aliphatic rings. The number of carboxylic acids is 1. The molecule has 3 rings (SSSR count). The molecule has 4 nitrogen and oxygen atoms in total. The summed E-state index contributed by atoms with van der Waals surface area (Å²) in [6.45, 7) is 3.39. The van der Waals surface area contributed by atoms with Crippen LogP contribution >= 0.6 is 23.2 Å². The maximum Gasteiger partial charge on any atom is 0.308 e. The van der Waals surface area contributed by atoms with Crippen LogP contribution in [0.1, 0.15) is 18.4 Å². The van der Waals surface area contributed by atoms with Gasteiger partial charge in [0.2, 0.25) is 0 Å². The zero-order valence-corrected chi connectivity index (χ0v) is 13.7. The molecule has 1 N–H and O–H groups in total.